The molecule has 0 saturated heterocycles. The van der Waals surface area contributed by atoms with Crippen molar-refractivity contribution in [1.29, 1.82) is 0 Å². The van der Waals surface area contributed by atoms with E-state index in [1.165, 1.54) is 26.4 Å². The molecule has 0 radical (unpaired) electrons. The molecule has 2 N–H and O–H groups in total. The van der Waals surface area contributed by atoms with Crippen LogP contribution in [0, 0.1) is 0 Å². The van der Waals surface area contributed by atoms with Gasteiger partial charge in [0.15, 0.2) is 0 Å². The Hall–Kier alpha value is -3.02. The maximum absolute atomic E-state index is 12.4. The fourth-order valence-electron chi connectivity index (χ4n) is 1.99. The Morgan fingerprint density at radius 3 is 2.27 bits per heavy atom. The molecule has 0 aliphatic carbocycles. The van der Waals surface area contributed by atoms with Crippen molar-refractivity contribution in [3.63, 3.8) is 0 Å². The number of anilines is 1. The minimum atomic E-state index is -1.24. The van der Waals surface area contributed by atoms with Crippen LogP contribution in [0.5, 0.6) is 11.5 Å². The van der Waals surface area contributed by atoms with Crippen LogP contribution in [0.4, 0.5) is 5.69 Å². The van der Waals surface area contributed by atoms with Gasteiger partial charge < -0.3 is 19.9 Å². The second-order valence-corrected chi connectivity index (χ2v) is 4.38. The first-order valence-electron chi connectivity index (χ1n) is 6.42. The van der Waals surface area contributed by atoms with Gasteiger partial charge >= 0.3 is 5.97 Å². The highest BCUT2D eigenvalue weighted by atomic mass is 16.5. The Bertz CT molecular complexity index is 697. The number of methoxy groups -OCH3 is 2. The molecule has 2 aromatic carbocycles. The second kappa shape index (κ2) is 6.62. The van der Waals surface area contributed by atoms with Crippen LogP contribution in [-0.2, 0) is 0 Å². The molecule has 0 spiro atoms. The fourth-order valence-corrected chi connectivity index (χ4v) is 1.99. The predicted octanol–water partition coefficient (Wildman–Crippen LogP) is 2.65. The van der Waals surface area contributed by atoms with E-state index in [0.29, 0.717) is 11.4 Å². The number of ether oxygens (including phenoxy) is 2. The smallest absolute Gasteiger partial charge is 0.336 e. The minimum absolute atomic E-state index is 0.0559. The number of nitrogens with one attached hydrogen (secondary N) is 1. The molecular formula is C16H15NO5. The molecule has 0 aliphatic rings. The van der Waals surface area contributed by atoms with Crippen molar-refractivity contribution in [2.45, 2.75) is 0 Å². The molecule has 0 aliphatic heterocycles. The zero-order chi connectivity index (χ0) is 16.1. The average molecular weight is 301 g/mol. The first-order valence-corrected chi connectivity index (χ1v) is 6.42. The van der Waals surface area contributed by atoms with Gasteiger partial charge in [0.2, 0.25) is 0 Å². The normalized spacial score (nSPS) is 9.91. The van der Waals surface area contributed by atoms with Crippen LogP contribution in [-0.4, -0.2) is 31.2 Å². The summed E-state index contributed by atoms with van der Waals surface area (Å²) in [5, 5.41) is 12.0. The molecular weight excluding hydrogens is 286 g/mol. The third kappa shape index (κ3) is 3.17. The molecule has 0 atom stereocenters. The molecule has 0 bridgehead atoms. The van der Waals surface area contributed by atoms with E-state index in [0.717, 1.165) is 0 Å². The summed E-state index contributed by atoms with van der Waals surface area (Å²) in [5.41, 5.74) is 0.311. The van der Waals surface area contributed by atoms with E-state index < -0.39 is 11.9 Å². The monoisotopic (exact) mass is 301 g/mol. The summed E-state index contributed by atoms with van der Waals surface area (Å²) in [6.07, 6.45) is 0. The van der Waals surface area contributed by atoms with E-state index in [9.17, 15) is 14.7 Å². The van der Waals surface area contributed by atoms with Gasteiger partial charge in [0, 0.05) is 11.8 Å². The van der Waals surface area contributed by atoms with Crippen molar-refractivity contribution < 1.29 is 24.2 Å². The Morgan fingerprint density at radius 1 is 1.05 bits per heavy atom. The van der Waals surface area contributed by atoms with Gasteiger partial charge in [-0.1, -0.05) is 18.2 Å². The third-order valence-corrected chi connectivity index (χ3v) is 3.02. The van der Waals surface area contributed by atoms with Gasteiger partial charge in [-0.3, -0.25) is 4.79 Å². The van der Waals surface area contributed by atoms with Crippen molar-refractivity contribution >= 4 is 17.6 Å². The van der Waals surface area contributed by atoms with Gasteiger partial charge in [-0.2, -0.15) is 0 Å². The summed E-state index contributed by atoms with van der Waals surface area (Å²) < 4.78 is 10.2. The molecule has 114 valence electrons. The summed E-state index contributed by atoms with van der Waals surface area (Å²) in [7, 11) is 2.77. The topological polar surface area (TPSA) is 84.9 Å². The molecule has 0 saturated carbocycles. The number of carboxylic acids is 1. The summed E-state index contributed by atoms with van der Waals surface area (Å²) in [4.78, 5) is 23.8. The number of hydrogen-bond acceptors (Lipinski definition) is 4. The number of amides is 1. The van der Waals surface area contributed by atoms with E-state index >= 15 is 0 Å². The summed E-state index contributed by atoms with van der Waals surface area (Å²) in [6, 6.07) is 11.5. The Morgan fingerprint density at radius 2 is 1.73 bits per heavy atom. The van der Waals surface area contributed by atoms with E-state index in [2.05, 4.69) is 5.32 Å². The standard InChI is InChI=1S/C16H15NO5/c1-21-11-8-12(16(19)20)14(13(9-11)22-2)15(18)17-10-6-4-3-5-7-10/h3-9H,1-2H3,(H,17,18)(H,19,20). The first-order chi connectivity index (χ1) is 10.6. The number of para-hydroxylation sites is 1. The second-order valence-electron chi connectivity index (χ2n) is 4.38. The van der Waals surface area contributed by atoms with Gasteiger partial charge in [-0.15, -0.1) is 0 Å². The van der Waals surface area contributed by atoms with Crippen molar-refractivity contribution in [3.8, 4) is 11.5 Å². The molecule has 1 amide bonds. The van der Waals surface area contributed by atoms with Crippen molar-refractivity contribution in [3.05, 3.63) is 53.6 Å². The highest BCUT2D eigenvalue weighted by molar-refractivity contribution is 6.12. The summed E-state index contributed by atoms with van der Waals surface area (Å²) >= 11 is 0. The van der Waals surface area contributed by atoms with Crippen LogP contribution in [0.15, 0.2) is 42.5 Å². The first kappa shape index (κ1) is 15.4. The number of carbonyl (C=O) groups excluding carboxylic acids is 1. The van der Waals surface area contributed by atoms with Crippen molar-refractivity contribution in [2.75, 3.05) is 19.5 Å². The van der Waals surface area contributed by atoms with Crippen LogP contribution in [0.2, 0.25) is 0 Å². The van der Waals surface area contributed by atoms with Crippen molar-refractivity contribution in [1.82, 2.24) is 0 Å². The molecule has 6 heteroatoms. The van der Waals surface area contributed by atoms with Gasteiger partial charge in [0.25, 0.3) is 5.91 Å². The van der Waals surface area contributed by atoms with Gasteiger partial charge in [0.1, 0.15) is 11.5 Å². The molecule has 2 aromatic rings. The Labute approximate surface area is 127 Å². The van der Waals surface area contributed by atoms with E-state index in [4.69, 9.17) is 9.47 Å². The molecule has 6 nitrogen and oxygen atoms in total. The quantitative estimate of drug-likeness (QED) is 0.887. The van der Waals surface area contributed by atoms with Gasteiger partial charge in [0.05, 0.1) is 25.3 Å². The largest absolute Gasteiger partial charge is 0.497 e. The molecule has 0 heterocycles. The fraction of sp³-hybridized carbons (Fsp3) is 0.125. The number of carbonyl (C=O) groups is 2. The van der Waals surface area contributed by atoms with E-state index in [1.54, 1.807) is 24.3 Å². The lowest BCUT2D eigenvalue weighted by Crippen LogP contribution is -2.18. The highest BCUT2D eigenvalue weighted by Crippen LogP contribution is 2.29. The SMILES string of the molecule is COc1cc(OC)c(C(=O)Nc2ccccc2)c(C(=O)O)c1. The maximum Gasteiger partial charge on any atom is 0.336 e. The van der Waals surface area contributed by atoms with Crippen LogP contribution < -0.4 is 14.8 Å². The van der Waals surface area contributed by atoms with E-state index in [1.807, 2.05) is 6.07 Å². The van der Waals surface area contributed by atoms with Crippen LogP contribution >= 0.6 is 0 Å². The average Bonchev–Trinajstić information content (AvgIpc) is 2.54. The van der Waals surface area contributed by atoms with Crippen LogP contribution in [0.1, 0.15) is 20.7 Å². The van der Waals surface area contributed by atoms with Gasteiger partial charge in [-0.05, 0) is 18.2 Å². The van der Waals surface area contributed by atoms with E-state index in [-0.39, 0.29) is 16.9 Å². The molecule has 0 unspecified atom stereocenters. The molecule has 2 rings (SSSR count). The predicted molar refractivity (Wildman–Crippen MR) is 80.9 cm³/mol. The van der Waals surface area contributed by atoms with Crippen molar-refractivity contribution in [2.24, 2.45) is 0 Å². The zero-order valence-corrected chi connectivity index (χ0v) is 12.1. The number of carboxylic acid groups (broad SMARTS) is 1. The Kier molecular flexibility index (Phi) is 4.63. The summed E-state index contributed by atoms with van der Waals surface area (Å²) in [6.45, 7) is 0. The van der Waals surface area contributed by atoms with Crippen LogP contribution in [0.3, 0.4) is 0 Å². The summed E-state index contributed by atoms with van der Waals surface area (Å²) in [5.74, 6) is -1.38. The zero-order valence-electron chi connectivity index (χ0n) is 12.1. The number of hydrogen-bond donors (Lipinski definition) is 2. The highest BCUT2D eigenvalue weighted by Gasteiger charge is 2.23. The lowest BCUT2D eigenvalue weighted by atomic mass is 10.0. The number of benzene rings is 2. The molecule has 22 heavy (non-hydrogen) atoms. The Balaban J connectivity index is 2.48. The maximum atomic E-state index is 12.4. The third-order valence-electron chi connectivity index (χ3n) is 3.02. The molecule has 0 fully saturated rings. The minimum Gasteiger partial charge on any atom is -0.497 e. The molecule has 0 aromatic heterocycles. The lowest BCUT2D eigenvalue weighted by Gasteiger charge is -2.13. The number of aromatic carboxylic acids is 1. The lowest BCUT2D eigenvalue weighted by molar-refractivity contribution is 0.0691. The van der Waals surface area contributed by atoms with Gasteiger partial charge in [-0.25, -0.2) is 4.79 Å². The van der Waals surface area contributed by atoms with Crippen LogP contribution in [0.25, 0.3) is 0 Å². The number of rotatable bonds is 5.